The van der Waals surface area contributed by atoms with E-state index in [1.807, 2.05) is 0 Å². The summed E-state index contributed by atoms with van der Waals surface area (Å²) in [6, 6.07) is 4.25. The molecule has 3 N–H and O–H groups in total. The lowest BCUT2D eigenvalue weighted by Gasteiger charge is -2.09. The molecule has 1 amide bonds. The zero-order valence-corrected chi connectivity index (χ0v) is 12.4. The number of primary sulfonamides is 1. The number of benzene rings is 1. The number of nitrogens with one attached hydrogen (secondary N) is 1. The number of esters is 1. The molecule has 0 saturated carbocycles. The van der Waals surface area contributed by atoms with Crippen LogP contribution in [0.25, 0.3) is 0 Å². The lowest BCUT2D eigenvalue weighted by Crippen LogP contribution is -2.23. The van der Waals surface area contributed by atoms with Gasteiger partial charge in [0.1, 0.15) is 6.61 Å². The van der Waals surface area contributed by atoms with Crippen molar-refractivity contribution in [1.29, 1.82) is 0 Å². The number of sulfonamides is 1. The highest BCUT2D eigenvalue weighted by molar-refractivity contribution is 7.89. The number of hydrogen-bond donors (Lipinski definition) is 2. The van der Waals surface area contributed by atoms with E-state index in [0.29, 0.717) is 5.56 Å². The Morgan fingerprint density at radius 1 is 1.29 bits per heavy atom. The molecule has 0 aliphatic carbocycles. The molecule has 1 aromatic carbocycles. The average Bonchev–Trinajstić information content (AvgIpc) is 2.38. The third-order valence-corrected chi connectivity index (χ3v) is 3.46. The quantitative estimate of drug-likeness (QED) is 0.698. The van der Waals surface area contributed by atoms with Crippen LogP contribution in [0.2, 0.25) is 0 Å². The van der Waals surface area contributed by atoms with Crippen molar-refractivity contribution in [2.75, 3.05) is 25.6 Å². The molecule has 0 radical (unpaired) electrons. The van der Waals surface area contributed by atoms with E-state index in [-0.39, 0.29) is 17.2 Å². The molecular weight excluding hydrogens is 300 g/mol. The van der Waals surface area contributed by atoms with Crippen molar-refractivity contribution in [3.63, 3.8) is 0 Å². The van der Waals surface area contributed by atoms with Crippen molar-refractivity contribution < 1.29 is 27.5 Å². The molecule has 0 aliphatic rings. The van der Waals surface area contributed by atoms with Gasteiger partial charge in [-0.15, -0.1) is 0 Å². The molecule has 0 saturated heterocycles. The van der Waals surface area contributed by atoms with Crippen LogP contribution in [-0.2, 0) is 29.1 Å². The van der Waals surface area contributed by atoms with Crippen molar-refractivity contribution in [2.45, 2.75) is 11.8 Å². The molecule has 0 atom stereocenters. The van der Waals surface area contributed by atoms with Crippen molar-refractivity contribution in [1.82, 2.24) is 0 Å². The molecule has 0 bridgehead atoms. The predicted octanol–water partition coefficient (Wildman–Crippen LogP) is -0.229. The maximum Gasteiger partial charge on any atom is 0.332 e. The van der Waals surface area contributed by atoms with Gasteiger partial charge < -0.3 is 14.8 Å². The number of ether oxygens (including phenoxy) is 2. The summed E-state index contributed by atoms with van der Waals surface area (Å²) in [4.78, 5) is 22.5. The van der Waals surface area contributed by atoms with Crippen LogP contribution in [0.15, 0.2) is 23.1 Å². The Balaban J connectivity index is 2.71. The van der Waals surface area contributed by atoms with Crippen LogP contribution in [0.1, 0.15) is 5.56 Å². The van der Waals surface area contributed by atoms with E-state index in [0.717, 1.165) is 0 Å². The highest BCUT2D eigenvalue weighted by Crippen LogP contribution is 2.18. The topological polar surface area (TPSA) is 125 Å². The van der Waals surface area contributed by atoms with Crippen molar-refractivity contribution in [2.24, 2.45) is 5.14 Å². The van der Waals surface area contributed by atoms with Gasteiger partial charge in [-0.3, -0.25) is 4.79 Å². The number of methoxy groups -OCH3 is 1. The van der Waals surface area contributed by atoms with E-state index >= 15 is 0 Å². The smallest absolute Gasteiger partial charge is 0.332 e. The first-order valence-electron chi connectivity index (χ1n) is 5.82. The van der Waals surface area contributed by atoms with Crippen LogP contribution in [0.5, 0.6) is 0 Å². The number of carbonyl (C=O) groups excluding carboxylic acids is 2. The summed E-state index contributed by atoms with van der Waals surface area (Å²) in [5.74, 6) is -1.29. The van der Waals surface area contributed by atoms with Gasteiger partial charge in [0.05, 0.1) is 4.90 Å². The van der Waals surface area contributed by atoms with Gasteiger partial charge >= 0.3 is 5.97 Å². The molecule has 21 heavy (non-hydrogen) atoms. The lowest BCUT2D eigenvalue weighted by molar-refractivity contribution is -0.150. The largest absolute Gasteiger partial charge is 0.454 e. The standard InChI is InChI=1S/C12H16N2O6S/c1-8-3-4-9(5-10(8)21(13,17)18)14-11(15)6-20-12(16)7-19-2/h3-5H,6-7H2,1-2H3,(H,14,15)(H2,13,17,18). The van der Waals surface area contributed by atoms with E-state index < -0.39 is 28.5 Å². The van der Waals surface area contributed by atoms with E-state index in [2.05, 4.69) is 14.8 Å². The van der Waals surface area contributed by atoms with Crippen LogP contribution in [0, 0.1) is 6.92 Å². The first kappa shape index (κ1) is 17.1. The summed E-state index contributed by atoms with van der Waals surface area (Å²) in [5, 5.41) is 7.47. The first-order valence-corrected chi connectivity index (χ1v) is 7.36. The second-order valence-electron chi connectivity index (χ2n) is 4.17. The first-order chi connectivity index (χ1) is 9.74. The molecule has 0 spiro atoms. The fraction of sp³-hybridized carbons (Fsp3) is 0.333. The number of nitrogens with two attached hydrogens (primary N) is 1. The number of carbonyl (C=O) groups is 2. The summed E-state index contributed by atoms with van der Waals surface area (Å²) in [6.07, 6.45) is 0. The minimum atomic E-state index is -3.88. The van der Waals surface area contributed by atoms with Gasteiger partial charge in [-0.2, -0.15) is 0 Å². The Morgan fingerprint density at radius 3 is 2.52 bits per heavy atom. The zero-order valence-electron chi connectivity index (χ0n) is 11.6. The third kappa shape index (κ3) is 5.50. The third-order valence-electron chi connectivity index (χ3n) is 2.40. The summed E-state index contributed by atoms with van der Waals surface area (Å²) < 4.78 is 31.9. The van der Waals surface area contributed by atoms with Crippen LogP contribution in [0.3, 0.4) is 0 Å². The monoisotopic (exact) mass is 316 g/mol. The van der Waals surface area contributed by atoms with Crippen molar-refractivity contribution in [3.8, 4) is 0 Å². The summed E-state index contributed by atoms with van der Waals surface area (Å²) >= 11 is 0. The second-order valence-corrected chi connectivity index (χ2v) is 5.70. The van der Waals surface area contributed by atoms with Gasteiger partial charge in [0.2, 0.25) is 10.0 Å². The van der Waals surface area contributed by atoms with Crippen LogP contribution >= 0.6 is 0 Å². The molecule has 1 rings (SSSR count). The number of aryl methyl sites for hydroxylation is 1. The highest BCUT2D eigenvalue weighted by Gasteiger charge is 2.13. The van der Waals surface area contributed by atoms with Gasteiger partial charge in [-0.05, 0) is 24.6 Å². The Morgan fingerprint density at radius 2 is 1.95 bits per heavy atom. The van der Waals surface area contributed by atoms with Crippen LogP contribution < -0.4 is 10.5 Å². The molecule has 0 aliphatic heterocycles. The molecule has 0 unspecified atom stereocenters. The maximum atomic E-state index is 11.6. The van der Waals surface area contributed by atoms with Crippen LogP contribution in [0.4, 0.5) is 5.69 Å². The maximum absolute atomic E-state index is 11.6. The van der Waals surface area contributed by atoms with Crippen molar-refractivity contribution in [3.05, 3.63) is 23.8 Å². The normalized spacial score (nSPS) is 11.0. The van der Waals surface area contributed by atoms with Gasteiger partial charge in [-0.25, -0.2) is 18.4 Å². The summed E-state index contributed by atoms with van der Waals surface area (Å²) in [5.41, 5.74) is 0.694. The molecular formula is C12H16N2O6S. The van der Waals surface area contributed by atoms with E-state index in [1.54, 1.807) is 6.92 Å². The van der Waals surface area contributed by atoms with Gasteiger partial charge in [0.15, 0.2) is 6.61 Å². The fourth-order valence-electron chi connectivity index (χ4n) is 1.49. The number of rotatable bonds is 6. The lowest BCUT2D eigenvalue weighted by atomic mass is 10.2. The average molecular weight is 316 g/mol. The Kier molecular flexibility index (Phi) is 5.82. The molecule has 9 heteroatoms. The Labute approximate surface area is 122 Å². The molecule has 0 fully saturated rings. The number of amides is 1. The highest BCUT2D eigenvalue weighted by atomic mass is 32.2. The minimum absolute atomic E-state index is 0.0864. The van der Waals surface area contributed by atoms with Crippen LogP contribution in [-0.4, -0.2) is 40.6 Å². The number of hydrogen-bond acceptors (Lipinski definition) is 6. The van der Waals surface area contributed by atoms with E-state index in [4.69, 9.17) is 5.14 Å². The van der Waals surface area contributed by atoms with Gasteiger partial charge in [0.25, 0.3) is 5.91 Å². The van der Waals surface area contributed by atoms with Crippen molar-refractivity contribution >= 4 is 27.6 Å². The fourth-order valence-corrected chi connectivity index (χ4v) is 2.30. The minimum Gasteiger partial charge on any atom is -0.454 e. The molecule has 8 nitrogen and oxygen atoms in total. The molecule has 116 valence electrons. The summed E-state index contributed by atoms with van der Waals surface area (Å²) in [7, 11) is -2.56. The Hall–Kier alpha value is -1.97. The second kappa shape index (κ2) is 7.16. The van der Waals surface area contributed by atoms with Gasteiger partial charge in [0, 0.05) is 12.8 Å². The number of anilines is 1. The zero-order chi connectivity index (χ0) is 16.0. The van der Waals surface area contributed by atoms with E-state index in [1.165, 1.54) is 25.3 Å². The molecule has 1 aromatic rings. The van der Waals surface area contributed by atoms with Gasteiger partial charge in [-0.1, -0.05) is 6.07 Å². The molecule has 0 heterocycles. The SMILES string of the molecule is COCC(=O)OCC(=O)Nc1ccc(C)c(S(N)(=O)=O)c1. The summed E-state index contributed by atoms with van der Waals surface area (Å²) in [6.45, 7) is 0.825. The van der Waals surface area contributed by atoms with E-state index in [9.17, 15) is 18.0 Å². The molecule has 0 aromatic heterocycles. The Bertz CT molecular complexity index is 641. The predicted molar refractivity (Wildman–Crippen MR) is 74.0 cm³/mol.